The van der Waals surface area contributed by atoms with Gasteiger partial charge in [-0.05, 0) is 0 Å². The van der Waals surface area contributed by atoms with Crippen molar-refractivity contribution in [3.8, 4) is 0 Å². The molecule has 1 saturated heterocycles. The highest BCUT2D eigenvalue weighted by atomic mass is 32.2. The number of amides is 2. The third-order valence-electron chi connectivity index (χ3n) is 3.96. The van der Waals surface area contributed by atoms with Gasteiger partial charge >= 0.3 is 11.9 Å². The van der Waals surface area contributed by atoms with E-state index in [9.17, 15) is 24.0 Å². The predicted octanol–water partition coefficient (Wildman–Crippen LogP) is 0.554. The third-order valence-corrected chi connectivity index (χ3v) is 4.90. The van der Waals surface area contributed by atoms with Gasteiger partial charge in [0.15, 0.2) is 11.2 Å². The lowest BCUT2D eigenvalue weighted by molar-refractivity contribution is -0.168. The van der Waals surface area contributed by atoms with Gasteiger partial charge in [0.05, 0.1) is 6.42 Å². The van der Waals surface area contributed by atoms with E-state index in [0.717, 1.165) is 11.8 Å². The Labute approximate surface area is 168 Å². The molecule has 0 aromatic carbocycles. The molecule has 0 aromatic rings. The van der Waals surface area contributed by atoms with Gasteiger partial charge in [0, 0.05) is 43.5 Å². The van der Waals surface area contributed by atoms with Gasteiger partial charge in [-0.1, -0.05) is 32.5 Å². The molecule has 2 amide bonds. The summed E-state index contributed by atoms with van der Waals surface area (Å²) in [6.45, 7) is 5.07. The Bertz CT molecular complexity index is 607. The Hall–Kier alpha value is -2.10. The fraction of sp³-hybridized carbons (Fsp3) is 0.722. The van der Waals surface area contributed by atoms with Gasteiger partial charge in [-0.2, -0.15) is 0 Å². The molecule has 1 aliphatic heterocycles. The topological polar surface area (TPSA) is 128 Å². The van der Waals surface area contributed by atoms with E-state index in [1.807, 2.05) is 0 Å². The van der Waals surface area contributed by atoms with Crippen LogP contribution in [0.15, 0.2) is 0 Å². The maximum Gasteiger partial charge on any atom is 0.306 e. The normalized spacial score (nSPS) is 23.0. The Kier molecular flexibility index (Phi) is 9.98. The van der Waals surface area contributed by atoms with Crippen LogP contribution >= 0.6 is 11.8 Å². The minimum absolute atomic E-state index is 0.0204. The number of cyclic esters (lactones) is 1. The van der Waals surface area contributed by atoms with Gasteiger partial charge in [0.1, 0.15) is 6.61 Å². The van der Waals surface area contributed by atoms with E-state index in [1.165, 1.54) is 0 Å². The number of rotatable bonds is 2. The van der Waals surface area contributed by atoms with E-state index >= 15 is 0 Å². The van der Waals surface area contributed by atoms with Crippen LogP contribution in [0.3, 0.4) is 0 Å². The average molecular weight is 416 g/mol. The number of hydrogen-bond donors (Lipinski definition) is 2. The molecule has 1 heterocycles. The van der Waals surface area contributed by atoms with Crippen LogP contribution in [0, 0.1) is 5.41 Å². The summed E-state index contributed by atoms with van der Waals surface area (Å²) < 4.78 is 10.5. The molecule has 28 heavy (non-hydrogen) atoms. The van der Waals surface area contributed by atoms with Crippen molar-refractivity contribution >= 4 is 40.6 Å². The van der Waals surface area contributed by atoms with E-state index in [1.54, 1.807) is 20.8 Å². The number of carbonyl (C=O) groups is 5. The lowest BCUT2D eigenvalue weighted by Crippen LogP contribution is -2.49. The van der Waals surface area contributed by atoms with Crippen LogP contribution in [-0.4, -0.2) is 60.4 Å². The van der Waals surface area contributed by atoms with Crippen LogP contribution < -0.4 is 10.6 Å². The Morgan fingerprint density at radius 2 is 1.86 bits per heavy atom. The Morgan fingerprint density at radius 3 is 2.54 bits per heavy atom. The minimum atomic E-state index is -1.19. The van der Waals surface area contributed by atoms with E-state index < -0.39 is 29.4 Å². The summed E-state index contributed by atoms with van der Waals surface area (Å²) in [5.41, 5.74) is -1.00. The van der Waals surface area contributed by atoms with Gasteiger partial charge in [0.2, 0.25) is 5.91 Å². The van der Waals surface area contributed by atoms with Gasteiger partial charge in [-0.25, -0.2) is 0 Å². The molecule has 0 saturated carbocycles. The summed E-state index contributed by atoms with van der Waals surface area (Å²) in [7, 11) is 0. The van der Waals surface area contributed by atoms with Crippen molar-refractivity contribution in [3.05, 3.63) is 0 Å². The SMILES string of the molecule is CCC(=O)O[C@H]1C(=O)NCCC(=O)NCCSC(=O)CCC(=O)OCC1(C)C. The number of esters is 2. The molecule has 10 heteroatoms. The number of ether oxygens (including phenoxy) is 2. The van der Waals surface area contributed by atoms with Gasteiger partial charge < -0.3 is 20.1 Å². The van der Waals surface area contributed by atoms with Crippen LogP contribution in [0.4, 0.5) is 0 Å². The van der Waals surface area contributed by atoms with Gasteiger partial charge in [-0.15, -0.1) is 0 Å². The van der Waals surface area contributed by atoms with Crippen molar-refractivity contribution in [1.82, 2.24) is 10.6 Å². The summed E-state index contributed by atoms with van der Waals surface area (Å²) in [5.74, 6) is -1.57. The third kappa shape index (κ3) is 8.73. The second-order valence-corrected chi connectivity index (χ2v) is 8.14. The van der Waals surface area contributed by atoms with Crippen LogP contribution in [0.25, 0.3) is 0 Å². The van der Waals surface area contributed by atoms with Crippen LogP contribution in [0.1, 0.15) is 46.5 Å². The number of hydrogen-bond acceptors (Lipinski definition) is 8. The predicted molar refractivity (Wildman–Crippen MR) is 102 cm³/mol. The minimum Gasteiger partial charge on any atom is -0.465 e. The quantitative estimate of drug-likeness (QED) is 0.625. The van der Waals surface area contributed by atoms with E-state index in [0.29, 0.717) is 12.3 Å². The molecule has 1 rings (SSSR count). The van der Waals surface area contributed by atoms with Crippen molar-refractivity contribution < 1.29 is 33.4 Å². The van der Waals surface area contributed by atoms with E-state index in [2.05, 4.69) is 10.6 Å². The number of nitrogens with one attached hydrogen (secondary N) is 2. The van der Waals surface area contributed by atoms with Crippen LogP contribution in [0.2, 0.25) is 0 Å². The fourth-order valence-electron chi connectivity index (χ4n) is 2.31. The molecule has 0 bridgehead atoms. The first-order valence-electron chi connectivity index (χ1n) is 9.21. The zero-order valence-corrected chi connectivity index (χ0v) is 17.3. The lowest BCUT2D eigenvalue weighted by Gasteiger charge is -2.32. The highest BCUT2D eigenvalue weighted by molar-refractivity contribution is 8.13. The first-order chi connectivity index (χ1) is 13.2. The largest absolute Gasteiger partial charge is 0.465 e. The molecular weight excluding hydrogens is 388 g/mol. The van der Waals surface area contributed by atoms with Crippen molar-refractivity contribution in [2.45, 2.75) is 52.6 Å². The monoisotopic (exact) mass is 416 g/mol. The molecule has 158 valence electrons. The maximum atomic E-state index is 12.6. The average Bonchev–Trinajstić information content (AvgIpc) is 2.65. The molecule has 1 atom stereocenters. The van der Waals surface area contributed by atoms with Gasteiger partial charge in [-0.3, -0.25) is 24.0 Å². The maximum absolute atomic E-state index is 12.6. The standard InChI is InChI=1S/C18H28N2O7S/c1-4-13(22)27-16-17(25)20-8-7-12(21)19-9-10-28-15(24)6-5-14(23)26-11-18(16,2)3/h16H,4-11H2,1-3H3,(H,19,21)(H,20,25)/t16-/m0/s1. The second-order valence-electron chi connectivity index (χ2n) is 6.98. The van der Waals surface area contributed by atoms with Crippen molar-refractivity contribution in [2.24, 2.45) is 5.41 Å². The Morgan fingerprint density at radius 1 is 1.14 bits per heavy atom. The molecule has 0 unspecified atom stereocenters. The zero-order chi connectivity index (χ0) is 21.2. The molecule has 0 radical (unpaired) electrons. The van der Waals surface area contributed by atoms with Crippen molar-refractivity contribution in [3.63, 3.8) is 0 Å². The summed E-state index contributed by atoms with van der Waals surface area (Å²) in [6, 6.07) is 0. The van der Waals surface area contributed by atoms with Crippen LogP contribution in [-0.2, 0) is 33.4 Å². The number of thioether (sulfide) groups is 1. The zero-order valence-electron chi connectivity index (χ0n) is 16.5. The van der Waals surface area contributed by atoms with E-state index in [4.69, 9.17) is 9.47 Å². The van der Waals surface area contributed by atoms with Gasteiger partial charge in [0.25, 0.3) is 5.91 Å². The Balaban J connectivity index is 2.90. The van der Waals surface area contributed by atoms with Crippen molar-refractivity contribution in [2.75, 3.05) is 25.4 Å². The number of carbonyl (C=O) groups excluding carboxylic acids is 5. The fourth-order valence-corrected chi connectivity index (χ4v) is 2.99. The smallest absolute Gasteiger partial charge is 0.306 e. The molecular formula is C18H28N2O7S. The summed E-state index contributed by atoms with van der Waals surface area (Å²) in [5, 5.41) is 5.07. The highest BCUT2D eigenvalue weighted by Gasteiger charge is 2.39. The first-order valence-corrected chi connectivity index (χ1v) is 10.2. The molecule has 9 nitrogen and oxygen atoms in total. The highest BCUT2D eigenvalue weighted by Crippen LogP contribution is 2.25. The van der Waals surface area contributed by atoms with Crippen molar-refractivity contribution in [1.29, 1.82) is 0 Å². The molecule has 1 fully saturated rings. The second kappa shape index (κ2) is 11.7. The first kappa shape index (κ1) is 23.9. The molecule has 0 spiro atoms. The summed E-state index contributed by atoms with van der Waals surface area (Å²) >= 11 is 1.04. The molecule has 0 aliphatic carbocycles. The molecule has 1 aliphatic rings. The molecule has 0 aromatic heterocycles. The summed E-state index contributed by atoms with van der Waals surface area (Å²) in [6.07, 6.45) is -1.12. The van der Waals surface area contributed by atoms with Crippen LogP contribution in [0.5, 0.6) is 0 Å². The molecule has 2 N–H and O–H groups in total. The summed E-state index contributed by atoms with van der Waals surface area (Å²) in [4.78, 5) is 59.8. The lowest BCUT2D eigenvalue weighted by atomic mass is 9.86. The van der Waals surface area contributed by atoms with E-state index in [-0.39, 0.29) is 49.9 Å².